The van der Waals surface area contributed by atoms with E-state index in [1.165, 1.54) is 0 Å². The van der Waals surface area contributed by atoms with Gasteiger partial charge in [-0.1, -0.05) is 25.0 Å². The number of nitrogens with zero attached hydrogens (tertiary/aromatic N) is 3. The Bertz CT molecular complexity index is 1470. The van der Waals surface area contributed by atoms with Crippen molar-refractivity contribution in [3.8, 4) is 34.5 Å². The van der Waals surface area contributed by atoms with E-state index in [1.54, 1.807) is 7.11 Å². The molecule has 3 aliphatic rings. The van der Waals surface area contributed by atoms with E-state index in [9.17, 15) is 19.2 Å². The summed E-state index contributed by atoms with van der Waals surface area (Å²) in [6, 6.07) is 18.0. The number of nitrogens with two attached hydrogens (primary N) is 1. The van der Waals surface area contributed by atoms with Crippen molar-refractivity contribution in [1.29, 1.82) is 5.26 Å². The molecule has 4 N–H and O–H groups in total. The summed E-state index contributed by atoms with van der Waals surface area (Å²) in [5.74, 6) is 1.71. The second kappa shape index (κ2) is 10.4. The molecule has 0 bridgehead atoms. The molecule has 3 aromatic rings. The standard InChI is InChI=1S/C31H36N4O5S/c1-39-24-11-7-22(8-12-24)28-34-26(21-5-9-23(10-6-21)35-16-18-41(37,38)19-17-35)27(40-28)25-4-2-3-13-31(25,29(33)36)30(20-32)14-15-30/h5-12,25,37-38H,2-4,13-19H2,1H3,(H2,33,36). The van der Waals surface area contributed by atoms with E-state index in [4.69, 9.17) is 19.9 Å². The molecule has 216 valence electrons. The SMILES string of the molecule is COc1ccc(-c2nc(-c3ccc(N4CCS(O)(O)CC4)cc3)c(C3CCCCC3(C(N)=O)C3(C#N)CC3)o2)cc1. The van der Waals surface area contributed by atoms with Crippen molar-refractivity contribution in [2.24, 2.45) is 16.6 Å². The average molecular weight is 577 g/mol. The molecule has 9 nitrogen and oxygen atoms in total. The number of methoxy groups -OCH3 is 1. The first-order valence-corrected chi connectivity index (χ1v) is 16.1. The number of aromatic nitrogens is 1. The van der Waals surface area contributed by atoms with Gasteiger partial charge in [-0.3, -0.25) is 13.9 Å². The first kappa shape index (κ1) is 27.6. The number of carbonyl (C=O) groups excluding carboxylic acids is 1. The Hall–Kier alpha value is -3.52. The minimum absolute atomic E-state index is 0.364. The Morgan fingerprint density at radius 1 is 1.07 bits per heavy atom. The molecule has 2 atom stereocenters. The van der Waals surface area contributed by atoms with Crippen molar-refractivity contribution in [3.63, 3.8) is 0 Å². The summed E-state index contributed by atoms with van der Waals surface area (Å²) in [6.45, 7) is 1.16. The van der Waals surface area contributed by atoms with Crippen LogP contribution in [0.1, 0.15) is 50.2 Å². The molecule has 2 aromatic carbocycles. The second-order valence-corrected chi connectivity index (χ2v) is 14.0. The molecule has 2 aliphatic carbocycles. The van der Waals surface area contributed by atoms with Gasteiger partial charge < -0.3 is 19.8 Å². The van der Waals surface area contributed by atoms with Crippen LogP contribution in [0.25, 0.3) is 22.7 Å². The Morgan fingerprint density at radius 2 is 1.73 bits per heavy atom. The van der Waals surface area contributed by atoms with Crippen molar-refractivity contribution in [2.75, 3.05) is 36.6 Å². The van der Waals surface area contributed by atoms with Gasteiger partial charge in [0.25, 0.3) is 0 Å². The predicted octanol–water partition coefficient (Wildman–Crippen LogP) is 6.02. The van der Waals surface area contributed by atoms with Crippen LogP contribution in [0.4, 0.5) is 5.69 Å². The Morgan fingerprint density at radius 3 is 2.32 bits per heavy atom. The van der Waals surface area contributed by atoms with E-state index in [0.29, 0.717) is 67.6 Å². The van der Waals surface area contributed by atoms with E-state index < -0.39 is 27.3 Å². The molecule has 1 saturated heterocycles. The number of hydrogen-bond donors (Lipinski definition) is 3. The zero-order chi connectivity index (χ0) is 28.8. The minimum atomic E-state index is -2.48. The molecule has 3 fully saturated rings. The van der Waals surface area contributed by atoms with Gasteiger partial charge in [0.2, 0.25) is 11.8 Å². The lowest BCUT2D eigenvalue weighted by Gasteiger charge is -2.44. The van der Waals surface area contributed by atoms with Crippen LogP contribution in [0.3, 0.4) is 0 Å². The van der Waals surface area contributed by atoms with E-state index >= 15 is 0 Å². The molecule has 1 aliphatic heterocycles. The number of benzene rings is 2. The maximum Gasteiger partial charge on any atom is 0.226 e. The summed E-state index contributed by atoms with van der Waals surface area (Å²) in [4.78, 5) is 20.4. The topological polar surface area (TPSA) is 146 Å². The number of nitriles is 1. The number of anilines is 1. The molecule has 41 heavy (non-hydrogen) atoms. The first-order valence-electron chi connectivity index (χ1n) is 14.2. The lowest BCUT2D eigenvalue weighted by Crippen LogP contribution is -2.50. The molecule has 10 heteroatoms. The fourth-order valence-electron chi connectivity index (χ4n) is 6.86. The number of rotatable bonds is 7. The first-order chi connectivity index (χ1) is 19.7. The highest BCUT2D eigenvalue weighted by atomic mass is 32.3. The monoisotopic (exact) mass is 576 g/mol. The van der Waals surface area contributed by atoms with Gasteiger partial charge in [-0.15, -0.1) is 0 Å². The van der Waals surface area contributed by atoms with Crippen LogP contribution in [-0.4, -0.2) is 51.7 Å². The number of hydrogen-bond acceptors (Lipinski definition) is 8. The van der Waals surface area contributed by atoms with Crippen molar-refractivity contribution < 1.29 is 23.1 Å². The largest absolute Gasteiger partial charge is 0.497 e. The van der Waals surface area contributed by atoms with Crippen LogP contribution in [0, 0.1) is 22.2 Å². The number of amides is 1. The molecule has 2 unspecified atom stereocenters. The van der Waals surface area contributed by atoms with Crippen LogP contribution in [0.15, 0.2) is 52.9 Å². The predicted molar refractivity (Wildman–Crippen MR) is 159 cm³/mol. The fraction of sp³-hybridized carbons (Fsp3) is 0.452. The Kier molecular flexibility index (Phi) is 7.00. The number of oxazole rings is 1. The van der Waals surface area contributed by atoms with Gasteiger partial charge in [-0.25, -0.2) is 4.98 Å². The molecular formula is C31H36N4O5S. The average Bonchev–Trinajstić information content (AvgIpc) is 3.68. The van der Waals surface area contributed by atoms with E-state index in [1.807, 2.05) is 48.5 Å². The van der Waals surface area contributed by atoms with E-state index in [-0.39, 0.29) is 5.92 Å². The molecule has 1 aromatic heterocycles. The third kappa shape index (κ3) is 4.76. The van der Waals surface area contributed by atoms with Crippen molar-refractivity contribution in [3.05, 3.63) is 54.3 Å². The van der Waals surface area contributed by atoms with Crippen molar-refractivity contribution in [1.82, 2.24) is 4.98 Å². The Labute approximate surface area is 241 Å². The molecular weight excluding hydrogens is 540 g/mol. The van der Waals surface area contributed by atoms with Crippen molar-refractivity contribution in [2.45, 2.75) is 44.4 Å². The summed E-state index contributed by atoms with van der Waals surface area (Å²) < 4.78 is 31.9. The summed E-state index contributed by atoms with van der Waals surface area (Å²) in [7, 11) is -0.865. The lowest BCUT2D eigenvalue weighted by atomic mass is 9.56. The van der Waals surface area contributed by atoms with Crippen LogP contribution in [0.2, 0.25) is 0 Å². The Balaban J connectivity index is 1.43. The van der Waals surface area contributed by atoms with Gasteiger partial charge in [-0.2, -0.15) is 15.9 Å². The highest BCUT2D eigenvalue weighted by Gasteiger charge is 2.67. The van der Waals surface area contributed by atoms with Gasteiger partial charge in [0.15, 0.2) is 0 Å². The summed E-state index contributed by atoms with van der Waals surface area (Å²) in [6.07, 6.45) is 4.32. The highest BCUT2D eigenvalue weighted by molar-refractivity contribution is 8.24. The van der Waals surface area contributed by atoms with Crippen LogP contribution in [-0.2, 0) is 4.79 Å². The molecule has 1 amide bonds. The second-order valence-electron chi connectivity index (χ2n) is 11.5. The van der Waals surface area contributed by atoms with Gasteiger partial charge in [-0.05, 0) is 62.1 Å². The third-order valence-electron chi connectivity index (χ3n) is 9.36. The molecule has 2 heterocycles. The number of ether oxygens (including phenoxy) is 1. The van der Waals surface area contributed by atoms with Gasteiger partial charge in [0.1, 0.15) is 17.2 Å². The zero-order valence-corrected chi connectivity index (χ0v) is 24.0. The summed E-state index contributed by atoms with van der Waals surface area (Å²) in [5, 5.41) is 10.2. The molecule has 0 spiro atoms. The fourth-order valence-corrected chi connectivity index (χ4v) is 8.09. The zero-order valence-electron chi connectivity index (χ0n) is 23.2. The minimum Gasteiger partial charge on any atom is -0.497 e. The quantitative estimate of drug-likeness (QED) is 0.309. The number of primary amides is 1. The molecule has 0 radical (unpaired) electrons. The lowest BCUT2D eigenvalue weighted by molar-refractivity contribution is -0.135. The molecule has 6 rings (SSSR count). The van der Waals surface area contributed by atoms with Gasteiger partial charge >= 0.3 is 0 Å². The van der Waals surface area contributed by atoms with E-state index in [2.05, 4.69) is 11.0 Å². The highest BCUT2D eigenvalue weighted by Crippen LogP contribution is 2.68. The van der Waals surface area contributed by atoms with Crippen LogP contribution in [0.5, 0.6) is 5.75 Å². The van der Waals surface area contributed by atoms with Gasteiger partial charge in [0, 0.05) is 35.8 Å². The van der Waals surface area contributed by atoms with Crippen LogP contribution >= 0.6 is 10.6 Å². The summed E-state index contributed by atoms with van der Waals surface area (Å²) >= 11 is 0. The third-order valence-corrected chi connectivity index (χ3v) is 11.0. The maximum atomic E-state index is 13.3. The van der Waals surface area contributed by atoms with E-state index in [0.717, 1.165) is 35.4 Å². The maximum absolute atomic E-state index is 13.3. The van der Waals surface area contributed by atoms with Crippen LogP contribution < -0.4 is 15.4 Å². The molecule has 2 saturated carbocycles. The summed E-state index contributed by atoms with van der Waals surface area (Å²) in [5.41, 5.74) is 7.68. The smallest absolute Gasteiger partial charge is 0.226 e. The number of carbonyl (C=O) groups is 1. The normalized spacial score (nSPS) is 25.6. The van der Waals surface area contributed by atoms with Crippen molar-refractivity contribution >= 4 is 22.2 Å². The van der Waals surface area contributed by atoms with Gasteiger partial charge in [0.05, 0.1) is 35.5 Å².